The summed E-state index contributed by atoms with van der Waals surface area (Å²) >= 11 is 2.43. The van der Waals surface area contributed by atoms with Crippen molar-refractivity contribution in [2.75, 3.05) is 24.5 Å². The van der Waals surface area contributed by atoms with Gasteiger partial charge in [0.2, 0.25) is 0 Å². The van der Waals surface area contributed by atoms with Crippen LogP contribution >= 0.6 is 22.6 Å². The Bertz CT molecular complexity index is 403. The van der Waals surface area contributed by atoms with Crippen molar-refractivity contribution in [1.29, 1.82) is 0 Å². The van der Waals surface area contributed by atoms with Crippen molar-refractivity contribution < 1.29 is 0 Å². The van der Waals surface area contributed by atoms with E-state index in [-0.39, 0.29) is 0 Å². The van der Waals surface area contributed by atoms with E-state index in [4.69, 9.17) is 0 Å². The molecule has 100 valence electrons. The highest BCUT2D eigenvalue weighted by Gasteiger charge is 2.20. The fraction of sp³-hybridized carbons (Fsp3) is 0.600. The Labute approximate surface area is 124 Å². The Hall–Kier alpha value is -0.290. The van der Waals surface area contributed by atoms with Crippen LogP contribution in [0.3, 0.4) is 0 Å². The topological polar surface area (TPSA) is 15.3 Å². The lowest BCUT2D eigenvalue weighted by Gasteiger charge is -2.28. The lowest BCUT2D eigenvalue weighted by Crippen LogP contribution is -2.41. The minimum Gasteiger partial charge on any atom is -0.370 e. The van der Waals surface area contributed by atoms with Gasteiger partial charge in [-0.3, -0.25) is 0 Å². The molecule has 1 aromatic rings. The Morgan fingerprint density at radius 1 is 1.39 bits per heavy atom. The lowest BCUT2D eigenvalue weighted by molar-refractivity contribution is 0.420. The zero-order valence-corrected chi connectivity index (χ0v) is 13.7. The molecule has 0 aliphatic carbocycles. The Balaban J connectivity index is 2.17. The first-order valence-corrected chi connectivity index (χ1v) is 7.90. The minimum atomic E-state index is 0.603. The molecule has 1 aliphatic heterocycles. The van der Waals surface area contributed by atoms with E-state index < -0.39 is 0 Å². The zero-order chi connectivity index (χ0) is 13.1. The largest absolute Gasteiger partial charge is 0.370 e. The van der Waals surface area contributed by atoms with Crippen LogP contribution in [0.15, 0.2) is 18.2 Å². The quantitative estimate of drug-likeness (QED) is 0.815. The van der Waals surface area contributed by atoms with E-state index in [1.54, 1.807) is 0 Å². The molecular formula is C15H23IN2. The predicted molar refractivity (Wildman–Crippen MR) is 87.4 cm³/mol. The summed E-state index contributed by atoms with van der Waals surface area (Å²) in [5, 5.41) is 3.66. The molecule has 2 nitrogen and oxygen atoms in total. The predicted octanol–water partition coefficient (Wildman–Crippen LogP) is 3.42. The Morgan fingerprint density at radius 2 is 2.17 bits per heavy atom. The number of benzene rings is 1. The van der Waals surface area contributed by atoms with Crippen LogP contribution in [0.25, 0.3) is 0 Å². The number of nitrogens with one attached hydrogen (secondary N) is 1. The van der Waals surface area contributed by atoms with Gasteiger partial charge in [0.05, 0.1) is 0 Å². The van der Waals surface area contributed by atoms with E-state index in [0.717, 1.165) is 19.6 Å². The molecule has 1 unspecified atom stereocenters. The molecule has 1 aromatic carbocycles. The van der Waals surface area contributed by atoms with Crippen molar-refractivity contribution in [2.24, 2.45) is 5.92 Å². The van der Waals surface area contributed by atoms with Gasteiger partial charge >= 0.3 is 0 Å². The number of anilines is 1. The number of rotatable bonds is 2. The Kier molecular flexibility index (Phi) is 4.90. The van der Waals surface area contributed by atoms with Crippen molar-refractivity contribution in [2.45, 2.75) is 33.2 Å². The first-order chi connectivity index (χ1) is 8.58. The molecule has 0 bridgehead atoms. The van der Waals surface area contributed by atoms with Gasteiger partial charge in [0.25, 0.3) is 0 Å². The molecule has 2 rings (SSSR count). The molecule has 1 fully saturated rings. The van der Waals surface area contributed by atoms with Crippen LogP contribution in [0, 0.1) is 16.4 Å². The molecular weight excluding hydrogens is 335 g/mol. The molecule has 1 heterocycles. The Morgan fingerprint density at radius 3 is 2.83 bits per heavy atom. The van der Waals surface area contributed by atoms with Gasteiger partial charge in [-0.05, 0) is 66.1 Å². The fourth-order valence-corrected chi connectivity index (χ4v) is 2.91. The van der Waals surface area contributed by atoms with E-state index >= 15 is 0 Å². The first kappa shape index (κ1) is 14.1. The number of hydrogen-bond acceptors (Lipinski definition) is 2. The minimum absolute atomic E-state index is 0.603. The molecule has 1 atom stereocenters. The van der Waals surface area contributed by atoms with Crippen LogP contribution in [-0.4, -0.2) is 25.7 Å². The highest BCUT2D eigenvalue weighted by molar-refractivity contribution is 14.1. The van der Waals surface area contributed by atoms with Crippen LogP contribution in [0.5, 0.6) is 0 Å². The van der Waals surface area contributed by atoms with Gasteiger partial charge in [-0.15, -0.1) is 0 Å². The molecule has 3 heteroatoms. The summed E-state index contributed by atoms with van der Waals surface area (Å²) in [5.41, 5.74) is 2.74. The summed E-state index contributed by atoms with van der Waals surface area (Å²) in [6, 6.07) is 7.42. The third-order valence-electron chi connectivity index (χ3n) is 3.75. The first-order valence-electron chi connectivity index (χ1n) is 6.82. The normalized spacial score (nSPS) is 21.2. The number of nitrogens with zero attached hydrogens (tertiary/aromatic N) is 1. The SMILES string of the molecule is Cc1ccc(N2CCCNC(C(C)C)C2)cc1I. The van der Waals surface area contributed by atoms with Gasteiger partial charge in [-0.25, -0.2) is 0 Å². The third kappa shape index (κ3) is 3.38. The second-order valence-corrected chi connectivity index (χ2v) is 6.70. The summed E-state index contributed by atoms with van der Waals surface area (Å²) in [4.78, 5) is 2.53. The van der Waals surface area contributed by atoms with Gasteiger partial charge in [0.15, 0.2) is 0 Å². The van der Waals surface area contributed by atoms with Crippen LogP contribution in [0.4, 0.5) is 5.69 Å². The van der Waals surface area contributed by atoms with Crippen LogP contribution in [-0.2, 0) is 0 Å². The van der Waals surface area contributed by atoms with Gasteiger partial charge in [0.1, 0.15) is 0 Å². The number of halogens is 1. The van der Waals surface area contributed by atoms with E-state index in [2.05, 4.69) is 71.8 Å². The maximum atomic E-state index is 3.66. The van der Waals surface area contributed by atoms with E-state index in [1.165, 1.54) is 21.2 Å². The number of hydrogen-bond donors (Lipinski definition) is 1. The monoisotopic (exact) mass is 358 g/mol. The van der Waals surface area contributed by atoms with Crippen LogP contribution in [0.2, 0.25) is 0 Å². The van der Waals surface area contributed by atoms with Gasteiger partial charge in [-0.1, -0.05) is 19.9 Å². The second kappa shape index (κ2) is 6.24. The van der Waals surface area contributed by atoms with Crippen molar-refractivity contribution in [3.05, 3.63) is 27.3 Å². The summed E-state index contributed by atoms with van der Waals surface area (Å²) in [6.07, 6.45) is 1.23. The lowest BCUT2D eigenvalue weighted by atomic mass is 10.0. The summed E-state index contributed by atoms with van der Waals surface area (Å²) in [6.45, 7) is 10.2. The molecule has 1 aliphatic rings. The highest BCUT2D eigenvalue weighted by Crippen LogP contribution is 2.22. The highest BCUT2D eigenvalue weighted by atomic mass is 127. The summed E-state index contributed by atoms with van der Waals surface area (Å²) < 4.78 is 1.36. The van der Waals surface area contributed by atoms with Gasteiger partial charge < -0.3 is 10.2 Å². The smallest absolute Gasteiger partial charge is 0.0377 e. The maximum absolute atomic E-state index is 3.66. The average Bonchev–Trinajstić information content (AvgIpc) is 2.58. The zero-order valence-electron chi connectivity index (χ0n) is 11.5. The molecule has 1 N–H and O–H groups in total. The van der Waals surface area contributed by atoms with Crippen LogP contribution < -0.4 is 10.2 Å². The molecule has 18 heavy (non-hydrogen) atoms. The molecule has 0 radical (unpaired) electrons. The van der Waals surface area contributed by atoms with Gasteiger partial charge in [0, 0.05) is 28.4 Å². The van der Waals surface area contributed by atoms with E-state index in [0.29, 0.717) is 12.0 Å². The van der Waals surface area contributed by atoms with E-state index in [9.17, 15) is 0 Å². The maximum Gasteiger partial charge on any atom is 0.0377 e. The molecule has 0 amide bonds. The molecule has 1 saturated heterocycles. The standard InChI is InChI=1S/C15H23IN2/c1-11(2)15-10-18(8-4-7-17-15)13-6-5-12(3)14(16)9-13/h5-6,9,11,15,17H,4,7-8,10H2,1-3H3. The summed E-state index contributed by atoms with van der Waals surface area (Å²) in [5.74, 6) is 0.690. The summed E-state index contributed by atoms with van der Waals surface area (Å²) in [7, 11) is 0. The van der Waals surface area contributed by atoms with E-state index in [1.807, 2.05) is 0 Å². The molecule has 0 aromatic heterocycles. The third-order valence-corrected chi connectivity index (χ3v) is 4.92. The molecule has 0 spiro atoms. The molecule has 0 saturated carbocycles. The van der Waals surface area contributed by atoms with Crippen molar-refractivity contribution >= 4 is 28.3 Å². The van der Waals surface area contributed by atoms with Crippen molar-refractivity contribution in [1.82, 2.24) is 5.32 Å². The number of aryl methyl sites for hydroxylation is 1. The van der Waals surface area contributed by atoms with Gasteiger partial charge in [-0.2, -0.15) is 0 Å². The van der Waals surface area contributed by atoms with Crippen molar-refractivity contribution in [3.63, 3.8) is 0 Å². The van der Waals surface area contributed by atoms with Crippen LogP contribution in [0.1, 0.15) is 25.8 Å². The fourth-order valence-electron chi connectivity index (χ4n) is 2.41. The second-order valence-electron chi connectivity index (χ2n) is 5.54. The van der Waals surface area contributed by atoms with Crippen molar-refractivity contribution in [3.8, 4) is 0 Å². The average molecular weight is 358 g/mol.